The van der Waals surface area contributed by atoms with E-state index in [1.54, 1.807) is 0 Å². The van der Waals surface area contributed by atoms with Crippen molar-refractivity contribution < 1.29 is 0 Å². The fraction of sp³-hybridized carbons (Fsp3) is 0.529. The summed E-state index contributed by atoms with van der Waals surface area (Å²) >= 11 is 0. The van der Waals surface area contributed by atoms with Crippen molar-refractivity contribution in [1.82, 2.24) is 20.1 Å². The van der Waals surface area contributed by atoms with Crippen LogP contribution in [0.3, 0.4) is 0 Å². The van der Waals surface area contributed by atoms with Gasteiger partial charge in [0.25, 0.3) is 0 Å². The maximum absolute atomic E-state index is 4.64. The molecule has 0 saturated carbocycles. The van der Waals surface area contributed by atoms with Crippen LogP contribution in [0, 0.1) is 0 Å². The van der Waals surface area contributed by atoms with Crippen molar-refractivity contribution in [1.29, 1.82) is 0 Å². The molecular formula is C17H26N4. The van der Waals surface area contributed by atoms with Crippen LogP contribution in [0.25, 0.3) is 0 Å². The lowest BCUT2D eigenvalue weighted by Gasteiger charge is -2.07. The summed E-state index contributed by atoms with van der Waals surface area (Å²) < 4.78 is 2.08. The molecule has 0 unspecified atom stereocenters. The number of nitrogens with zero attached hydrogens (tertiary/aromatic N) is 3. The fourth-order valence-electron chi connectivity index (χ4n) is 2.33. The van der Waals surface area contributed by atoms with E-state index in [9.17, 15) is 0 Å². The van der Waals surface area contributed by atoms with Gasteiger partial charge in [0.15, 0.2) is 0 Å². The molecule has 0 atom stereocenters. The van der Waals surface area contributed by atoms with Gasteiger partial charge >= 0.3 is 0 Å². The zero-order chi connectivity index (χ0) is 15.1. The lowest BCUT2D eigenvalue weighted by Crippen LogP contribution is -2.14. The van der Waals surface area contributed by atoms with Crippen molar-refractivity contribution in [2.45, 2.75) is 53.1 Å². The average molecular weight is 286 g/mol. The summed E-state index contributed by atoms with van der Waals surface area (Å²) in [6.07, 6.45) is 5.11. The smallest absolute Gasteiger partial charge is 0.0834 e. The summed E-state index contributed by atoms with van der Waals surface area (Å²) in [5.74, 6) is 0. The van der Waals surface area contributed by atoms with Gasteiger partial charge in [-0.25, -0.2) is 0 Å². The quantitative estimate of drug-likeness (QED) is 0.759. The molecule has 2 aromatic rings. The number of rotatable bonds is 8. The molecule has 0 aliphatic heterocycles. The number of hydrogen-bond acceptors (Lipinski definition) is 3. The molecule has 0 aromatic carbocycles. The first-order valence-corrected chi connectivity index (χ1v) is 7.96. The Kier molecular flexibility index (Phi) is 5.93. The van der Waals surface area contributed by atoms with Crippen LogP contribution in [0.15, 0.2) is 24.4 Å². The number of nitrogens with one attached hydrogen (secondary N) is 1. The lowest BCUT2D eigenvalue weighted by atomic mass is 10.2. The van der Waals surface area contributed by atoms with E-state index in [1.165, 1.54) is 11.3 Å². The van der Waals surface area contributed by atoms with Crippen LogP contribution in [-0.4, -0.2) is 21.3 Å². The molecule has 0 aliphatic rings. The van der Waals surface area contributed by atoms with Gasteiger partial charge in [-0.1, -0.05) is 26.8 Å². The normalized spacial score (nSPS) is 11.0. The lowest BCUT2D eigenvalue weighted by molar-refractivity contribution is 0.627. The molecule has 0 fully saturated rings. The van der Waals surface area contributed by atoms with E-state index < -0.39 is 0 Å². The van der Waals surface area contributed by atoms with Gasteiger partial charge in [0.1, 0.15) is 0 Å². The van der Waals surface area contributed by atoms with E-state index in [0.717, 1.165) is 50.3 Å². The van der Waals surface area contributed by atoms with Crippen molar-refractivity contribution in [3.05, 3.63) is 47.0 Å². The molecule has 2 heterocycles. The zero-order valence-corrected chi connectivity index (χ0v) is 13.4. The third-order valence-electron chi connectivity index (χ3n) is 3.59. The van der Waals surface area contributed by atoms with Crippen LogP contribution in [0.5, 0.6) is 0 Å². The number of aromatic nitrogens is 3. The fourth-order valence-corrected chi connectivity index (χ4v) is 2.33. The molecule has 0 aliphatic carbocycles. The Hall–Kier alpha value is -1.68. The number of pyridine rings is 1. The largest absolute Gasteiger partial charge is 0.313 e. The van der Waals surface area contributed by atoms with Gasteiger partial charge in [0, 0.05) is 18.4 Å². The molecule has 2 aromatic heterocycles. The van der Waals surface area contributed by atoms with Crippen molar-refractivity contribution in [2.75, 3.05) is 6.54 Å². The Labute approximate surface area is 127 Å². The van der Waals surface area contributed by atoms with Gasteiger partial charge in [-0.3, -0.25) is 9.67 Å². The Bertz CT molecular complexity index is 542. The van der Waals surface area contributed by atoms with Crippen LogP contribution in [0.4, 0.5) is 0 Å². The molecule has 0 amide bonds. The van der Waals surface area contributed by atoms with Gasteiger partial charge in [-0.15, -0.1) is 0 Å². The highest BCUT2D eigenvalue weighted by Gasteiger charge is 2.06. The average Bonchev–Trinajstić information content (AvgIpc) is 2.91. The van der Waals surface area contributed by atoms with Crippen LogP contribution < -0.4 is 5.32 Å². The van der Waals surface area contributed by atoms with Gasteiger partial charge in [-0.2, -0.15) is 5.10 Å². The number of aryl methyl sites for hydroxylation is 2. The second-order valence-electron chi connectivity index (χ2n) is 5.33. The standard InChI is InChI=1S/C17H26N4/c1-4-9-18-11-14-7-8-16(19-12-14)13-21-17(6-3)10-15(5-2)20-21/h7-8,10,12,18H,4-6,9,11,13H2,1-3H3. The van der Waals surface area contributed by atoms with E-state index in [0.29, 0.717) is 0 Å². The molecule has 4 nitrogen and oxygen atoms in total. The molecule has 0 radical (unpaired) electrons. The second kappa shape index (κ2) is 7.93. The van der Waals surface area contributed by atoms with Crippen molar-refractivity contribution in [3.8, 4) is 0 Å². The van der Waals surface area contributed by atoms with Crippen LogP contribution in [0.2, 0.25) is 0 Å². The molecule has 0 saturated heterocycles. The molecule has 2 rings (SSSR count). The summed E-state index contributed by atoms with van der Waals surface area (Å²) in [6.45, 7) is 9.18. The predicted octanol–water partition coefficient (Wildman–Crippen LogP) is 2.95. The number of hydrogen-bond donors (Lipinski definition) is 1. The Morgan fingerprint density at radius 2 is 1.95 bits per heavy atom. The highest BCUT2D eigenvalue weighted by molar-refractivity contribution is 5.16. The maximum atomic E-state index is 4.64. The predicted molar refractivity (Wildman–Crippen MR) is 86.3 cm³/mol. The van der Waals surface area contributed by atoms with Gasteiger partial charge in [0.2, 0.25) is 0 Å². The van der Waals surface area contributed by atoms with Crippen LogP contribution >= 0.6 is 0 Å². The Morgan fingerprint density at radius 1 is 1.10 bits per heavy atom. The molecule has 21 heavy (non-hydrogen) atoms. The van der Waals surface area contributed by atoms with E-state index >= 15 is 0 Å². The third kappa shape index (κ3) is 4.39. The first kappa shape index (κ1) is 15.7. The van der Waals surface area contributed by atoms with Gasteiger partial charge < -0.3 is 5.32 Å². The monoisotopic (exact) mass is 286 g/mol. The molecule has 0 spiro atoms. The van der Waals surface area contributed by atoms with Crippen molar-refractivity contribution >= 4 is 0 Å². The van der Waals surface area contributed by atoms with Crippen molar-refractivity contribution in [3.63, 3.8) is 0 Å². The molecule has 114 valence electrons. The molecular weight excluding hydrogens is 260 g/mol. The highest BCUT2D eigenvalue weighted by atomic mass is 15.3. The molecule has 4 heteroatoms. The van der Waals surface area contributed by atoms with Gasteiger partial charge in [-0.05, 0) is 43.5 Å². The van der Waals surface area contributed by atoms with E-state index in [-0.39, 0.29) is 0 Å². The van der Waals surface area contributed by atoms with Crippen LogP contribution in [-0.2, 0) is 25.9 Å². The van der Waals surface area contributed by atoms with E-state index in [1.807, 2.05) is 6.20 Å². The second-order valence-corrected chi connectivity index (χ2v) is 5.33. The van der Waals surface area contributed by atoms with Gasteiger partial charge in [0.05, 0.1) is 17.9 Å². The summed E-state index contributed by atoms with van der Waals surface area (Å²) in [6, 6.07) is 6.46. The zero-order valence-electron chi connectivity index (χ0n) is 13.4. The van der Waals surface area contributed by atoms with E-state index in [2.05, 4.69) is 59.1 Å². The highest BCUT2D eigenvalue weighted by Crippen LogP contribution is 2.09. The first-order chi connectivity index (χ1) is 10.3. The SMILES string of the molecule is CCCNCc1ccc(Cn2nc(CC)cc2CC)nc1. The Morgan fingerprint density at radius 3 is 2.57 bits per heavy atom. The molecule has 1 N–H and O–H groups in total. The summed E-state index contributed by atoms with van der Waals surface area (Å²) in [5.41, 5.74) is 4.74. The summed E-state index contributed by atoms with van der Waals surface area (Å²) in [5, 5.41) is 8.03. The topological polar surface area (TPSA) is 42.7 Å². The minimum Gasteiger partial charge on any atom is -0.313 e. The van der Waals surface area contributed by atoms with Crippen LogP contribution in [0.1, 0.15) is 49.8 Å². The van der Waals surface area contributed by atoms with E-state index in [4.69, 9.17) is 0 Å². The maximum Gasteiger partial charge on any atom is 0.0834 e. The Balaban J connectivity index is 2.01. The minimum absolute atomic E-state index is 0.756. The summed E-state index contributed by atoms with van der Waals surface area (Å²) in [7, 11) is 0. The molecule has 0 bridgehead atoms. The minimum atomic E-state index is 0.756. The third-order valence-corrected chi connectivity index (χ3v) is 3.59. The first-order valence-electron chi connectivity index (χ1n) is 7.96. The van der Waals surface area contributed by atoms with Crippen molar-refractivity contribution in [2.24, 2.45) is 0 Å². The summed E-state index contributed by atoms with van der Waals surface area (Å²) in [4.78, 5) is 4.56.